The van der Waals surface area contributed by atoms with Gasteiger partial charge < -0.3 is 15.3 Å². The van der Waals surface area contributed by atoms with Crippen molar-refractivity contribution in [2.45, 2.75) is 6.42 Å². The lowest BCUT2D eigenvalue weighted by molar-refractivity contribution is 0.0961. The Morgan fingerprint density at radius 3 is 2.78 bits per heavy atom. The Labute approximate surface area is 112 Å². The number of rotatable bonds is 4. The molecule has 0 aliphatic carbocycles. The van der Waals surface area contributed by atoms with Crippen molar-refractivity contribution in [3.8, 4) is 5.75 Å². The number of Topliss-reactive ketones (excluding diaryl/α,β-unsaturated/α-hetero) is 1. The van der Waals surface area contributed by atoms with Crippen LogP contribution in [0.4, 0.5) is 0 Å². The van der Waals surface area contributed by atoms with E-state index in [1.165, 1.54) is 12.1 Å². The van der Waals surface area contributed by atoms with Crippen LogP contribution >= 0.6 is 11.6 Å². The first-order valence-corrected chi connectivity index (χ1v) is 6.49. The fourth-order valence-corrected chi connectivity index (χ4v) is 2.34. The minimum atomic E-state index is 0.0264. The van der Waals surface area contributed by atoms with Crippen molar-refractivity contribution < 1.29 is 9.90 Å². The Morgan fingerprint density at radius 2 is 2.11 bits per heavy atom. The molecule has 4 nitrogen and oxygen atoms in total. The highest BCUT2D eigenvalue weighted by Crippen LogP contribution is 2.22. The largest absolute Gasteiger partial charge is 0.508 e. The van der Waals surface area contributed by atoms with Crippen molar-refractivity contribution in [3.63, 3.8) is 0 Å². The summed E-state index contributed by atoms with van der Waals surface area (Å²) in [5.74, 6) is 0.109. The third kappa shape index (κ3) is 3.45. The summed E-state index contributed by atoms with van der Waals surface area (Å²) in [5, 5.41) is 12.8. The molecular weight excluding hydrogens is 252 g/mol. The van der Waals surface area contributed by atoms with Crippen LogP contribution in [0.15, 0.2) is 18.2 Å². The molecule has 2 N–H and O–H groups in total. The fourth-order valence-electron chi connectivity index (χ4n) is 2.06. The number of phenolic OH excluding ortho intramolecular Hbond substituents is 1. The zero-order chi connectivity index (χ0) is 13.0. The zero-order valence-corrected chi connectivity index (χ0v) is 10.9. The topological polar surface area (TPSA) is 52.6 Å². The van der Waals surface area contributed by atoms with Gasteiger partial charge in [0.15, 0.2) is 5.78 Å². The molecule has 0 amide bonds. The summed E-state index contributed by atoms with van der Waals surface area (Å²) in [6, 6.07) is 4.47. The molecule has 0 unspecified atom stereocenters. The van der Waals surface area contributed by atoms with Crippen LogP contribution in [0.1, 0.15) is 16.8 Å². The normalized spacial score (nSPS) is 16.7. The van der Waals surface area contributed by atoms with E-state index in [1.54, 1.807) is 6.07 Å². The number of nitrogens with zero attached hydrogens (tertiary/aromatic N) is 1. The van der Waals surface area contributed by atoms with Gasteiger partial charge in [-0.3, -0.25) is 4.79 Å². The number of nitrogens with one attached hydrogen (secondary N) is 1. The van der Waals surface area contributed by atoms with Crippen molar-refractivity contribution in [2.75, 3.05) is 32.7 Å². The first-order valence-electron chi connectivity index (χ1n) is 6.11. The quantitative estimate of drug-likeness (QED) is 0.813. The van der Waals surface area contributed by atoms with E-state index in [1.807, 2.05) is 0 Å². The maximum atomic E-state index is 12.0. The van der Waals surface area contributed by atoms with Crippen LogP contribution < -0.4 is 5.32 Å². The molecule has 0 radical (unpaired) electrons. The Balaban J connectivity index is 1.90. The van der Waals surface area contributed by atoms with Crippen molar-refractivity contribution in [1.29, 1.82) is 0 Å². The number of phenols is 1. The van der Waals surface area contributed by atoms with E-state index in [4.69, 9.17) is 11.6 Å². The Kier molecular flexibility index (Phi) is 4.58. The highest BCUT2D eigenvalue weighted by Gasteiger charge is 2.14. The van der Waals surface area contributed by atoms with Gasteiger partial charge in [0.25, 0.3) is 0 Å². The molecule has 98 valence electrons. The molecule has 1 fully saturated rings. The monoisotopic (exact) mass is 268 g/mol. The SMILES string of the molecule is O=C(CCN1CCNCC1)c1ccc(O)cc1Cl. The highest BCUT2D eigenvalue weighted by atomic mass is 35.5. The van der Waals surface area contributed by atoms with E-state index >= 15 is 0 Å². The molecule has 18 heavy (non-hydrogen) atoms. The van der Waals surface area contributed by atoms with Gasteiger partial charge in [-0.05, 0) is 18.2 Å². The average Bonchev–Trinajstić information content (AvgIpc) is 2.37. The first-order chi connectivity index (χ1) is 8.66. The summed E-state index contributed by atoms with van der Waals surface area (Å²) in [6.45, 7) is 4.69. The second kappa shape index (κ2) is 6.18. The standard InChI is InChI=1S/C13H17ClN2O2/c14-12-9-10(17)1-2-11(12)13(18)3-6-16-7-4-15-5-8-16/h1-2,9,15,17H,3-8H2. The van der Waals surface area contributed by atoms with Crippen LogP contribution in [0, 0.1) is 0 Å². The maximum Gasteiger partial charge on any atom is 0.165 e. The lowest BCUT2D eigenvalue weighted by Crippen LogP contribution is -2.44. The summed E-state index contributed by atoms with van der Waals surface area (Å²) < 4.78 is 0. The van der Waals surface area contributed by atoms with Crippen LogP contribution in [-0.4, -0.2) is 48.5 Å². The number of carbonyl (C=O) groups excluding carboxylic acids is 1. The van der Waals surface area contributed by atoms with Gasteiger partial charge in [-0.15, -0.1) is 0 Å². The fraction of sp³-hybridized carbons (Fsp3) is 0.462. The maximum absolute atomic E-state index is 12.0. The van der Waals surface area contributed by atoms with Gasteiger partial charge in [0.1, 0.15) is 5.75 Å². The Bertz CT molecular complexity index is 431. The molecular formula is C13H17ClN2O2. The number of piperazine rings is 1. The molecule has 2 rings (SSSR count). The van der Waals surface area contributed by atoms with Crippen LogP contribution in [-0.2, 0) is 0 Å². The molecule has 1 aromatic carbocycles. The van der Waals surface area contributed by atoms with Crippen LogP contribution in [0.3, 0.4) is 0 Å². The van der Waals surface area contributed by atoms with Gasteiger partial charge in [0.05, 0.1) is 5.02 Å². The molecule has 1 saturated heterocycles. The molecule has 5 heteroatoms. The predicted molar refractivity (Wildman–Crippen MR) is 71.4 cm³/mol. The van der Waals surface area contributed by atoms with E-state index in [9.17, 15) is 9.90 Å². The number of halogens is 1. The van der Waals surface area contributed by atoms with E-state index in [-0.39, 0.29) is 11.5 Å². The van der Waals surface area contributed by atoms with Gasteiger partial charge >= 0.3 is 0 Å². The van der Waals surface area contributed by atoms with Crippen LogP contribution in [0.2, 0.25) is 5.02 Å². The Hall–Kier alpha value is -1.10. The number of hydrogen-bond acceptors (Lipinski definition) is 4. The molecule has 0 spiro atoms. The molecule has 0 atom stereocenters. The molecule has 0 saturated carbocycles. The van der Waals surface area contributed by atoms with Gasteiger partial charge in [-0.25, -0.2) is 0 Å². The molecule has 1 aromatic rings. The van der Waals surface area contributed by atoms with E-state index in [2.05, 4.69) is 10.2 Å². The smallest absolute Gasteiger partial charge is 0.165 e. The number of ketones is 1. The van der Waals surface area contributed by atoms with Crippen LogP contribution in [0.5, 0.6) is 5.75 Å². The molecule has 0 bridgehead atoms. The van der Waals surface area contributed by atoms with Crippen LogP contribution in [0.25, 0.3) is 0 Å². The van der Waals surface area contributed by atoms with Crippen molar-refractivity contribution >= 4 is 17.4 Å². The van der Waals surface area contributed by atoms with Crippen molar-refractivity contribution in [1.82, 2.24) is 10.2 Å². The highest BCUT2D eigenvalue weighted by molar-refractivity contribution is 6.34. The Morgan fingerprint density at radius 1 is 1.39 bits per heavy atom. The predicted octanol–water partition coefficient (Wildman–Crippen LogP) is 1.52. The van der Waals surface area contributed by atoms with E-state index < -0.39 is 0 Å². The zero-order valence-electron chi connectivity index (χ0n) is 10.2. The minimum Gasteiger partial charge on any atom is -0.508 e. The van der Waals surface area contributed by atoms with E-state index in [0.29, 0.717) is 17.0 Å². The number of hydrogen-bond donors (Lipinski definition) is 2. The van der Waals surface area contributed by atoms with Gasteiger partial charge in [-0.2, -0.15) is 0 Å². The van der Waals surface area contributed by atoms with Crippen molar-refractivity contribution in [2.24, 2.45) is 0 Å². The summed E-state index contributed by atoms with van der Waals surface area (Å²) in [4.78, 5) is 14.3. The molecule has 1 aliphatic heterocycles. The summed E-state index contributed by atoms with van der Waals surface area (Å²) in [5.41, 5.74) is 0.490. The van der Waals surface area contributed by atoms with E-state index in [0.717, 1.165) is 32.7 Å². The van der Waals surface area contributed by atoms with Gasteiger partial charge in [0, 0.05) is 44.7 Å². The second-order valence-corrected chi connectivity index (χ2v) is 4.84. The summed E-state index contributed by atoms with van der Waals surface area (Å²) in [7, 11) is 0. The molecule has 1 heterocycles. The number of carbonyl (C=O) groups is 1. The average molecular weight is 269 g/mol. The summed E-state index contributed by atoms with van der Waals surface area (Å²) >= 11 is 5.94. The molecule has 1 aliphatic rings. The number of aromatic hydroxyl groups is 1. The third-order valence-corrected chi connectivity index (χ3v) is 3.43. The minimum absolute atomic E-state index is 0.0264. The first kappa shape index (κ1) is 13.3. The lowest BCUT2D eigenvalue weighted by Gasteiger charge is -2.26. The van der Waals surface area contributed by atoms with Gasteiger partial charge in [0.2, 0.25) is 0 Å². The second-order valence-electron chi connectivity index (χ2n) is 4.43. The number of benzene rings is 1. The van der Waals surface area contributed by atoms with Gasteiger partial charge in [-0.1, -0.05) is 11.6 Å². The lowest BCUT2D eigenvalue weighted by atomic mass is 10.1. The third-order valence-electron chi connectivity index (χ3n) is 3.12. The molecule has 0 aromatic heterocycles. The van der Waals surface area contributed by atoms with Crippen molar-refractivity contribution in [3.05, 3.63) is 28.8 Å². The summed E-state index contributed by atoms with van der Waals surface area (Å²) in [6.07, 6.45) is 0.463.